The Morgan fingerprint density at radius 2 is 1.95 bits per heavy atom. The topological polar surface area (TPSA) is 102 Å². The molecular weight excluding hydrogens is 482 g/mol. The SMILES string of the molecule is COc1cc(N(C)CCN(C)C)c([N+](=O)[O-])cc1Nc1nccc(-c2c3n(c4ccccc24)CCCC3)n1. The number of likely N-dealkylation sites (N-methyl/N-ethyl adjacent to an activating group) is 2. The average Bonchev–Trinajstić information content (AvgIpc) is 3.26. The molecule has 198 valence electrons. The Morgan fingerprint density at radius 3 is 2.71 bits per heavy atom. The van der Waals surface area contributed by atoms with Crippen LogP contribution in [0.4, 0.5) is 23.0 Å². The Labute approximate surface area is 222 Å². The molecule has 3 heterocycles. The smallest absolute Gasteiger partial charge is 0.294 e. The van der Waals surface area contributed by atoms with Crippen LogP contribution < -0.4 is 15.0 Å². The molecule has 0 saturated heterocycles. The number of anilines is 3. The fourth-order valence-electron chi connectivity index (χ4n) is 5.15. The van der Waals surface area contributed by atoms with Gasteiger partial charge in [-0.05, 0) is 45.5 Å². The zero-order valence-electron chi connectivity index (χ0n) is 22.3. The molecule has 0 aliphatic carbocycles. The molecule has 2 aromatic carbocycles. The summed E-state index contributed by atoms with van der Waals surface area (Å²) in [4.78, 5) is 24.8. The number of aryl methyl sites for hydroxylation is 1. The molecule has 0 radical (unpaired) electrons. The first kappa shape index (κ1) is 25.5. The monoisotopic (exact) mass is 515 g/mol. The van der Waals surface area contributed by atoms with Gasteiger partial charge < -0.3 is 24.4 Å². The Morgan fingerprint density at radius 1 is 1.13 bits per heavy atom. The summed E-state index contributed by atoms with van der Waals surface area (Å²) in [5.41, 5.74) is 5.37. The van der Waals surface area contributed by atoms with Crippen LogP contribution in [0, 0.1) is 10.1 Å². The van der Waals surface area contributed by atoms with E-state index in [1.54, 1.807) is 19.4 Å². The van der Waals surface area contributed by atoms with E-state index < -0.39 is 0 Å². The minimum absolute atomic E-state index is 0.0155. The van der Waals surface area contributed by atoms with Gasteiger partial charge in [0.1, 0.15) is 11.4 Å². The minimum atomic E-state index is -0.372. The van der Waals surface area contributed by atoms with Crippen molar-refractivity contribution in [3.05, 3.63) is 64.5 Å². The van der Waals surface area contributed by atoms with Crippen LogP contribution in [-0.2, 0) is 13.0 Å². The number of nitro groups is 1. The number of methoxy groups -OCH3 is 1. The second-order valence-electron chi connectivity index (χ2n) is 9.86. The molecule has 0 amide bonds. The average molecular weight is 516 g/mol. The van der Waals surface area contributed by atoms with E-state index >= 15 is 0 Å². The van der Waals surface area contributed by atoms with E-state index in [1.165, 1.54) is 29.1 Å². The standard InChI is InChI=1S/C28H33N7O3/c1-32(2)15-16-33(3)24-18-26(38-4)21(17-25(24)35(36)37)31-28-29-13-12-20(30-28)27-19-9-5-6-10-22(19)34-14-8-7-11-23(27)34/h5-6,9-10,12-13,17-18H,7-8,11,14-16H2,1-4H3,(H,29,30,31). The molecule has 38 heavy (non-hydrogen) atoms. The molecule has 1 aliphatic rings. The molecule has 0 unspecified atom stereocenters. The van der Waals surface area contributed by atoms with Crippen LogP contribution in [0.1, 0.15) is 18.5 Å². The fourth-order valence-corrected chi connectivity index (χ4v) is 5.15. The highest BCUT2D eigenvalue weighted by Crippen LogP contribution is 2.40. The van der Waals surface area contributed by atoms with Gasteiger partial charge >= 0.3 is 0 Å². The van der Waals surface area contributed by atoms with E-state index in [-0.39, 0.29) is 10.6 Å². The van der Waals surface area contributed by atoms with Crippen LogP contribution in [-0.4, -0.2) is 65.7 Å². The number of hydrogen-bond donors (Lipinski definition) is 1. The fraction of sp³-hybridized carbons (Fsp3) is 0.357. The largest absolute Gasteiger partial charge is 0.494 e. The van der Waals surface area contributed by atoms with Gasteiger partial charge in [-0.3, -0.25) is 10.1 Å². The number of aromatic nitrogens is 3. The maximum Gasteiger partial charge on any atom is 0.294 e. The Hall–Kier alpha value is -4.18. The number of benzene rings is 2. The number of hydrogen-bond acceptors (Lipinski definition) is 8. The van der Waals surface area contributed by atoms with Crippen molar-refractivity contribution in [2.45, 2.75) is 25.8 Å². The number of ether oxygens (including phenoxy) is 1. The van der Waals surface area contributed by atoms with Gasteiger partial charge in [-0.1, -0.05) is 18.2 Å². The van der Waals surface area contributed by atoms with E-state index in [9.17, 15) is 10.1 Å². The molecule has 4 aromatic rings. The molecular formula is C28H33N7O3. The summed E-state index contributed by atoms with van der Waals surface area (Å²) in [6, 6.07) is 13.5. The molecule has 10 nitrogen and oxygen atoms in total. The van der Waals surface area contributed by atoms with Gasteiger partial charge in [0, 0.05) is 67.2 Å². The minimum Gasteiger partial charge on any atom is -0.494 e. The second kappa shape index (κ2) is 10.7. The second-order valence-corrected chi connectivity index (χ2v) is 9.86. The van der Waals surface area contributed by atoms with Crippen molar-refractivity contribution < 1.29 is 9.66 Å². The number of nitrogens with one attached hydrogen (secondary N) is 1. The third-order valence-corrected chi connectivity index (χ3v) is 7.07. The predicted molar refractivity (Wildman–Crippen MR) is 151 cm³/mol. The summed E-state index contributed by atoms with van der Waals surface area (Å²) < 4.78 is 8.03. The lowest BCUT2D eigenvalue weighted by Gasteiger charge is -2.22. The summed E-state index contributed by atoms with van der Waals surface area (Å²) in [5, 5.41) is 16.4. The maximum absolute atomic E-state index is 12.0. The van der Waals surface area contributed by atoms with Crippen molar-refractivity contribution in [3.63, 3.8) is 0 Å². The van der Waals surface area contributed by atoms with Crippen LogP contribution in [0.5, 0.6) is 5.75 Å². The third-order valence-electron chi connectivity index (χ3n) is 7.07. The number of rotatable bonds is 9. The van der Waals surface area contributed by atoms with Crippen molar-refractivity contribution >= 4 is 33.9 Å². The molecule has 1 aliphatic heterocycles. The van der Waals surface area contributed by atoms with Crippen LogP contribution in [0.25, 0.3) is 22.2 Å². The highest BCUT2D eigenvalue weighted by molar-refractivity contribution is 5.97. The molecule has 10 heteroatoms. The molecule has 0 bridgehead atoms. The van der Waals surface area contributed by atoms with Gasteiger partial charge in [-0.15, -0.1) is 0 Å². The van der Waals surface area contributed by atoms with E-state index in [1.807, 2.05) is 37.0 Å². The van der Waals surface area contributed by atoms with Crippen molar-refractivity contribution in [3.8, 4) is 17.0 Å². The highest BCUT2D eigenvalue weighted by atomic mass is 16.6. The number of nitro benzene ring substituents is 1. The number of nitrogens with zero attached hydrogens (tertiary/aromatic N) is 6. The lowest BCUT2D eigenvalue weighted by atomic mass is 10.0. The molecule has 0 atom stereocenters. The van der Waals surface area contributed by atoms with E-state index in [0.29, 0.717) is 29.6 Å². The summed E-state index contributed by atoms with van der Waals surface area (Å²) in [6.45, 7) is 2.39. The van der Waals surface area contributed by atoms with E-state index in [2.05, 4.69) is 39.1 Å². The highest BCUT2D eigenvalue weighted by Gasteiger charge is 2.24. The van der Waals surface area contributed by atoms with Gasteiger partial charge in [0.2, 0.25) is 5.95 Å². The van der Waals surface area contributed by atoms with Gasteiger partial charge in [-0.2, -0.15) is 0 Å². The molecule has 0 spiro atoms. The van der Waals surface area contributed by atoms with Crippen LogP contribution in [0.3, 0.4) is 0 Å². The number of para-hydroxylation sites is 1. The Balaban J connectivity index is 1.52. The van der Waals surface area contributed by atoms with E-state index in [4.69, 9.17) is 9.72 Å². The predicted octanol–water partition coefficient (Wildman–Crippen LogP) is 5.09. The van der Waals surface area contributed by atoms with Gasteiger partial charge in [-0.25, -0.2) is 9.97 Å². The van der Waals surface area contributed by atoms with Gasteiger partial charge in [0.15, 0.2) is 0 Å². The summed E-state index contributed by atoms with van der Waals surface area (Å²) in [5.74, 6) is 0.826. The van der Waals surface area contributed by atoms with Crippen LogP contribution in [0.15, 0.2) is 48.7 Å². The Kier molecular flexibility index (Phi) is 7.15. The molecule has 5 rings (SSSR count). The normalized spacial score (nSPS) is 13.0. The first-order chi connectivity index (χ1) is 18.4. The van der Waals surface area contributed by atoms with Gasteiger partial charge in [0.05, 0.1) is 23.4 Å². The van der Waals surface area contributed by atoms with Crippen molar-refractivity contribution in [2.24, 2.45) is 0 Å². The Bertz CT molecular complexity index is 1480. The van der Waals surface area contributed by atoms with E-state index in [0.717, 1.165) is 37.2 Å². The van der Waals surface area contributed by atoms with Crippen LogP contribution >= 0.6 is 0 Å². The van der Waals surface area contributed by atoms with Crippen molar-refractivity contribution in [1.29, 1.82) is 0 Å². The molecule has 1 N–H and O–H groups in total. The first-order valence-electron chi connectivity index (χ1n) is 12.8. The number of fused-ring (bicyclic) bond motifs is 3. The zero-order valence-corrected chi connectivity index (χ0v) is 22.3. The summed E-state index contributed by atoms with van der Waals surface area (Å²) in [6.07, 6.45) is 5.03. The third kappa shape index (κ3) is 4.87. The maximum atomic E-state index is 12.0. The van der Waals surface area contributed by atoms with Crippen LogP contribution in [0.2, 0.25) is 0 Å². The molecule has 2 aromatic heterocycles. The summed E-state index contributed by atoms with van der Waals surface area (Å²) in [7, 11) is 7.33. The molecule has 0 fully saturated rings. The lowest BCUT2D eigenvalue weighted by molar-refractivity contribution is -0.384. The first-order valence-corrected chi connectivity index (χ1v) is 12.8. The van der Waals surface area contributed by atoms with Gasteiger partial charge in [0.25, 0.3) is 5.69 Å². The molecule has 0 saturated carbocycles. The zero-order chi connectivity index (χ0) is 26.8. The lowest BCUT2D eigenvalue weighted by Crippen LogP contribution is -2.28. The van der Waals surface area contributed by atoms with Crippen molar-refractivity contribution in [2.75, 3.05) is 51.6 Å². The summed E-state index contributed by atoms with van der Waals surface area (Å²) >= 11 is 0. The van der Waals surface area contributed by atoms with Crippen molar-refractivity contribution in [1.82, 2.24) is 19.4 Å². The quantitative estimate of drug-likeness (QED) is 0.243.